The molecule has 3 fully saturated rings. The highest BCUT2D eigenvalue weighted by Crippen LogP contribution is 2.41. The molecular formula is C6H20O10Si6. The van der Waals surface area contributed by atoms with Gasteiger partial charge in [0.15, 0.2) is 0 Å². The summed E-state index contributed by atoms with van der Waals surface area (Å²) in [6.07, 6.45) is 0. The Morgan fingerprint density at radius 1 is 0.409 bits per heavy atom. The van der Waals surface area contributed by atoms with Gasteiger partial charge in [0.2, 0.25) is 0 Å². The second-order valence-corrected chi connectivity index (χ2v) is 23.1. The molecule has 0 atom stereocenters. The first kappa shape index (κ1) is 17.7. The van der Waals surface area contributed by atoms with Gasteiger partial charge >= 0.3 is 52.8 Å². The van der Waals surface area contributed by atoms with Crippen LogP contribution in [0.4, 0.5) is 0 Å². The van der Waals surface area contributed by atoms with Crippen LogP contribution in [0.3, 0.4) is 0 Å². The summed E-state index contributed by atoms with van der Waals surface area (Å²) >= 11 is 0. The fourth-order valence-corrected chi connectivity index (χ4v) is 32.4. The van der Waals surface area contributed by atoms with Crippen molar-refractivity contribution in [1.29, 1.82) is 0 Å². The van der Waals surface area contributed by atoms with Crippen molar-refractivity contribution in [3.63, 3.8) is 0 Å². The highest BCUT2D eigenvalue weighted by Gasteiger charge is 2.72. The van der Waals surface area contributed by atoms with Gasteiger partial charge in [-0.1, -0.05) is 0 Å². The summed E-state index contributed by atoms with van der Waals surface area (Å²) < 4.78 is 46.1. The molecule has 16 heteroatoms. The van der Waals surface area contributed by atoms with Crippen molar-refractivity contribution in [3.05, 3.63) is 0 Å². The summed E-state index contributed by atoms with van der Waals surface area (Å²) in [6.45, 7) is 9.49. The van der Waals surface area contributed by atoms with Crippen LogP contribution >= 0.6 is 0 Å². The van der Waals surface area contributed by atoms with Gasteiger partial charge in [-0.2, -0.15) is 0 Å². The Balaban J connectivity index is 2.05. The van der Waals surface area contributed by atoms with Crippen LogP contribution in [0.15, 0.2) is 0 Å². The summed E-state index contributed by atoms with van der Waals surface area (Å²) in [6, 6.07) is 0. The minimum absolute atomic E-state index is 1.48. The smallest absolute Gasteiger partial charge is 0.391 e. The lowest BCUT2D eigenvalue weighted by molar-refractivity contribution is 0.0110. The summed E-state index contributed by atoms with van der Waals surface area (Å²) in [4.78, 5) is 20.7. The molecule has 3 aliphatic rings. The van der Waals surface area contributed by atoms with Crippen molar-refractivity contribution < 1.29 is 42.5 Å². The van der Waals surface area contributed by atoms with Crippen LogP contribution in [0.5, 0.6) is 0 Å². The molecule has 0 unspecified atom stereocenters. The number of hydrogen-bond donors (Lipinski definition) is 2. The van der Waals surface area contributed by atoms with Crippen molar-refractivity contribution >= 4 is 52.8 Å². The zero-order chi connectivity index (χ0) is 16.7. The first-order valence-corrected chi connectivity index (χ1v) is 20.1. The third kappa shape index (κ3) is 3.46. The molecule has 0 aliphatic carbocycles. The molecule has 3 saturated heterocycles. The lowest BCUT2D eigenvalue weighted by Crippen LogP contribution is -2.81. The molecule has 0 aromatic carbocycles. The molecule has 10 nitrogen and oxygen atoms in total. The number of fused-ring (bicyclic) bond motifs is 4. The van der Waals surface area contributed by atoms with Gasteiger partial charge < -0.3 is 42.5 Å². The van der Waals surface area contributed by atoms with Crippen molar-refractivity contribution in [3.8, 4) is 0 Å². The zero-order valence-corrected chi connectivity index (χ0v) is 19.2. The van der Waals surface area contributed by atoms with Gasteiger partial charge in [0.05, 0.1) is 0 Å². The lowest BCUT2D eigenvalue weighted by Gasteiger charge is -2.55. The number of rotatable bonds is 0. The topological polar surface area (TPSA) is 114 Å². The average Bonchev–Trinajstić information content (AvgIpc) is 1.99. The predicted molar refractivity (Wildman–Crippen MR) is 82.8 cm³/mol. The van der Waals surface area contributed by atoms with Crippen LogP contribution in [0.25, 0.3) is 0 Å². The van der Waals surface area contributed by atoms with E-state index >= 15 is 0 Å². The molecule has 0 saturated carbocycles. The van der Waals surface area contributed by atoms with Gasteiger partial charge in [0.25, 0.3) is 0 Å². The summed E-state index contributed by atoms with van der Waals surface area (Å²) in [5, 5.41) is 0. The lowest BCUT2D eigenvalue weighted by atomic mass is 11.9. The van der Waals surface area contributed by atoms with Crippen LogP contribution in [0.2, 0.25) is 39.3 Å². The molecular weight excluding hydrogens is 401 g/mol. The quantitative estimate of drug-likeness (QED) is 0.500. The molecule has 22 heavy (non-hydrogen) atoms. The Morgan fingerprint density at radius 2 is 0.591 bits per heavy atom. The van der Waals surface area contributed by atoms with Crippen LogP contribution in [-0.4, -0.2) is 62.4 Å². The van der Waals surface area contributed by atoms with E-state index in [1.165, 1.54) is 13.1 Å². The molecule has 0 spiro atoms. The monoisotopic (exact) mass is 420 g/mol. The normalized spacial score (nSPS) is 62.2. The zero-order valence-electron chi connectivity index (χ0n) is 13.2. The minimum atomic E-state index is -3.46. The fraction of sp³-hybridized carbons (Fsp3) is 1.00. The maximum Gasteiger partial charge on any atom is 0.480 e. The van der Waals surface area contributed by atoms with E-state index in [1.807, 2.05) is 0 Å². The highest BCUT2D eigenvalue weighted by molar-refractivity contribution is 6.97. The molecule has 3 rings (SSSR count). The third-order valence-electron chi connectivity index (χ3n) is 2.98. The van der Waals surface area contributed by atoms with Gasteiger partial charge in [0.1, 0.15) is 0 Å². The third-order valence-corrected chi connectivity index (χ3v) is 26.8. The van der Waals surface area contributed by atoms with E-state index < -0.39 is 52.8 Å². The summed E-state index contributed by atoms with van der Waals surface area (Å²) in [7, 11) is -20.2. The van der Waals surface area contributed by atoms with Crippen molar-refractivity contribution in [2.75, 3.05) is 0 Å². The van der Waals surface area contributed by atoms with Crippen LogP contribution < -0.4 is 0 Å². The average molecular weight is 421 g/mol. The van der Waals surface area contributed by atoms with Crippen molar-refractivity contribution in [2.24, 2.45) is 0 Å². The highest BCUT2D eigenvalue weighted by atomic mass is 28.6. The molecule has 0 radical (unpaired) electrons. The Labute approximate surface area is 135 Å². The first-order valence-electron chi connectivity index (χ1n) is 6.71. The van der Waals surface area contributed by atoms with Crippen LogP contribution in [0, 0.1) is 0 Å². The second kappa shape index (κ2) is 4.75. The molecule has 128 valence electrons. The van der Waals surface area contributed by atoms with E-state index in [0.717, 1.165) is 0 Å². The SMILES string of the molecule is C[Si]1(O)O[Si]2(C)O[Si](C)(O1)O[Si]1(C)O[Si](C)(O)O[Si](C)(O1)O2. The minimum Gasteiger partial charge on any atom is -0.391 e. The summed E-state index contributed by atoms with van der Waals surface area (Å²) in [5.41, 5.74) is 0. The van der Waals surface area contributed by atoms with Gasteiger partial charge in [-0.05, 0) is 0 Å². The Hall–Kier alpha value is 0.901. The summed E-state index contributed by atoms with van der Waals surface area (Å²) in [5.74, 6) is 0. The van der Waals surface area contributed by atoms with E-state index in [4.69, 9.17) is 32.9 Å². The molecule has 4 bridgehead atoms. The Kier molecular flexibility index (Phi) is 3.82. The molecule has 0 aromatic heterocycles. The van der Waals surface area contributed by atoms with E-state index in [9.17, 15) is 9.59 Å². The van der Waals surface area contributed by atoms with Crippen LogP contribution in [0.1, 0.15) is 0 Å². The fourth-order valence-electron chi connectivity index (χ4n) is 3.01. The number of hydrogen-bond acceptors (Lipinski definition) is 10. The van der Waals surface area contributed by atoms with Crippen LogP contribution in [-0.2, 0) is 32.9 Å². The van der Waals surface area contributed by atoms with E-state index in [2.05, 4.69) is 0 Å². The Morgan fingerprint density at radius 3 is 0.773 bits per heavy atom. The molecule has 0 aromatic rings. The van der Waals surface area contributed by atoms with E-state index in [0.29, 0.717) is 0 Å². The standard InChI is InChI=1S/C6H20O10Si6/c1-17(7)9-19(3)13-20(4,10-17)16-22(6)12-18(2,8)11-21(5,14-22)15-19/h7-8H,1-6H3. The maximum atomic E-state index is 10.4. The largest absolute Gasteiger partial charge is 0.480 e. The van der Waals surface area contributed by atoms with Gasteiger partial charge in [-0.3, -0.25) is 0 Å². The second-order valence-electron chi connectivity index (χ2n) is 6.06. The molecule has 2 N–H and O–H groups in total. The molecule has 3 aliphatic heterocycles. The predicted octanol–water partition coefficient (Wildman–Crippen LogP) is -0.443. The Bertz CT molecular complexity index is 426. The maximum absolute atomic E-state index is 10.4. The molecule has 3 heterocycles. The van der Waals surface area contributed by atoms with E-state index in [1.54, 1.807) is 26.2 Å². The van der Waals surface area contributed by atoms with E-state index in [-0.39, 0.29) is 0 Å². The van der Waals surface area contributed by atoms with Gasteiger partial charge in [-0.25, -0.2) is 0 Å². The van der Waals surface area contributed by atoms with Gasteiger partial charge in [-0.15, -0.1) is 0 Å². The molecule has 0 amide bonds. The van der Waals surface area contributed by atoms with Gasteiger partial charge in [0, 0.05) is 39.3 Å². The van der Waals surface area contributed by atoms with Crippen molar-refractivity contribution in [2.45, 2.75) is 39.3 Å². The first-order chi connectivity index (χ1) is 9.66. The van der Waals surface area contributed by atoms with Crippen molar-refractivity contribution in [1.82, 2.24) is 0 Å².